The average Bonchev–Trinajstić information content (AvgIpc) is 3.24. The molecule has 160 valence electrons. The Morgan fingerprint density at radius 2 is 1.68 bits per heavy atom. The highest BCUT2D eigenvalue weighted by Gasteiger charge is 2.42. The molecule has 1 fully saturated rings. The Morgan fingerprint density at radius 3 is 2.42 bits per heavy atom. The zero-order chi connectivity index (χ0) is 21.2. The van der Waals surface area contributed by atoms with Crippen LogP contribution in [0.15, 0.2) is 72.9 Å². The third-order valence-corrected chi connectivity index (χ3v) is 6.61. The molecule has 2 aliphatic rings. The van der Waals surface area contributed by atoms with Gasteiger partial charge in [0.25, 0.3) is 5.91 Å². The van der Waals surface area contributed by atoms with E-state index in [1.54, 1.807) is 0 Å². The largest absolute Gasteiger partial charge is 0.379 e. The van der Waals surface area contributed by atoms with Gasteiger partial charge in [0.1, 0.15) is 0 Å². The normalized spacial score (nSPS) is 21.8. The van der Waals surface area contributed by atoms with Crippen molar-refractivity contribution in [1.82, 2.24) is 14.4 Å². The zero-order valence-corrected chi connectivity index (χ0v) is 18.0. The van der Waals surface area contributed by atoms with E-state index in [1.165, 1.54) is 5.69 Å². The fourth-order valence-electron chi connectivity index (χ4n) is 5.04. The van der Waals surface area contributed by atoms with Gasteiger partial charge in [0.15, 0.2) is 0 Å². The first-order valence-electron chi connectivity index (χ1n) is 11.1. The summed E-state index contributed by atoms with van der Waals surface area (Å²) in [4.78, 5) is 18.3. The molecule has 2 atom stereocenters. The SMILES string of the molecule is Cn1cccc1[C@H]1[C@H](CN2CCOCC2)c2ccccc2C(=O)N1Cc1ccccc1. The number of amides is 1. The maximum Gasteiger partial charge on any atom is 0.255 e. The van der Waals surface area contributed by atoms with Gasteiger partial charge in [-0.25, -0.2) is 0 Å². The molecule has 3 heterocycles. The Labute approximate surface area is 183 Å². The fourth-order valence-corrected chi connectivity index (χ4v) is 5.04. The standard InChI is InChI=1S/C26H29N3O2/c1-27-13-7-12-24(27)25-23(19-28-14-16-31-17-15-28)21-10-5-6-11-22(21)26(30)29(25)18-20-8-3-2-4-9-20/h2-13,23,25H,14-19H2,1H3/t23-,25-/m1/s1. The quantitative estimate of drug-likeness (QED) is 0.636. The summed E-state index contributed by atoms with van der Waals surface area (Å²) in [6.45, 7) is 4.93. The summed E-state index contributed by atoms with van der Waals surface area (Å²) in [5.74, 6) is 0.313. The Bertz CT molecular complexity index is 1040. The number of rotatable bonds is 5. The van der Waals surface area contributed by atoms with E-state index in [1.807, 2.05) is 30.3 Å². The van der Waals surface area contributed by atoms with E-state index < -0.39 is 0 Å². The third kappa shape index (κ3) is 3.91. The molecule has 0 bridgehead atoms. The predicted molar refractivity (Wildman–Crippen MR) is 121 cm³/mol. The number of carbonyl (C=O) groups is 1. The maximum absolute atomic E-state index is 13.8. The van der Waals surface area contributed by atoms with E-state index in [4.69, 9.17) is 4.74 Å². The molecule has 5 heteroatoms. The van der Waals surface area contributed by atoms with E-state index in [2.05, 4.69) is 64.0 Å². The first kappa shape index (κ1) is 20.0. The number of aryl methyl sites for hydroxylation is 1. The molecule has 1 saturated heterocycles. The van der Waals surface area contributed by atoms with E-state index in [0.717, 1.165) is 49.5 Å². The van der Waals surface area contributed by atoms with Crippen LogP contribution in [0.4, 0.5) is 0 Å². The number of morpholine rings is 1. The molecule has 1 amide bonds. The molecule has 0 saturated carbocycles. The number of carbonyl (C=O) groups excluding carboxylic acids is 1. The van der Waals surface area contributed by atoms with Gasteiger partial charge in [-0.1, -0.05) is 48.5 Å². The molecule has 1 aromatic heterocycles. The first-order valence-corrected chi connectivity index (χ1v) is 11.1. The number of hydrogen-bond acceptors (Lipinski definition) is 3. The molecule has 3 aromatic rings. The van der Waals surface area contributed by atoms with Crippen LogP contribution in [-0.2, 0) is 18.3 Å². The molecule has 2 aliphatic heterocycles. The number of ether oxygens (including phenoxy) is 1. The van der Waals surface area contributed by atoms with Crippen molar-refractivity contribution >= 4 is 5.91 Å². The Morgan fingerprint density at radius 1 is 0.935 bits per heavy atom. The molecule has 2 aromatic carbocycles. The first-order chi connectivity index (χ1) is 15.2. The Balaban J connectivity index is 1.60. The van der Waals surface area contributed by atoms with Crippen molar-refractivity contribution in [3.05, 3.63) is 95.3 Å². The molecular formula is C26H29N3O2. The minimum absolute atomic E-state index is 0.0227. The number of nitrogens with zero attached hydrogens (tertiary/aromatic N) is 3. The van der Waals surface area contributed by atoms with Crippen LogP contribution in [0.25, 0.3) is 0 Å². The third-order valence-electron chi connectivity index (χ3n) is 6.61. The van der Waals surface area contributed by atoms with Gasteiger partial charge < -0.3 is 14.2 Å². The smallest absolute Gasteiger partial charge is 0.255 e. The maximum atomic E-state index is 13.8. The molecule has 5 nitrogen and oxygen atoms in total. The van der Waals surface area contributed by atoms with Crippen molar-refractivity contribution in [2.45, 2.75) is 18.5 Å². The lowest BCUT2D eigenvalue weighted by atomic mass is 9.80. The summed E-state index contributed by atoms with van der Waals surface area (Å²) in [6, 6.07) is 22.7. The minimum Gasteiger partial charge on any atom is -0.379 e. The fraction of sp³-hybridized carbons (Fsp3) is 0.346. The number of benzene rings is 2. The highest BCUT2D eigenvalue weighted by atomic mass is 16.5. The monoisotopic (exact) mass is 415 g/mol. The van der Waals surface area contributed by atoms with Crippen molar-refractivity contribution < 1.29 is 9.53 Å². The van der Waals surface area contributed by atoms with Crippen LogP contribution in [0.2, 0.25) is 0 Å². The van der Waals surface area contributed by atoms with Crippen molar-refractivity contribution in [3.8, 4) is 0 Å². The summed E-state index contributed by atoms with van der Waals surface area (Å²) in [7, 11) is 2.08. The van der Waals surface area contributed by atoms with E-state index in [9.17, 15) is 4.79 Å². The van der Waals surface area contributed by atoms with Crippen LogP contribution < -0.4 is 0 Å². The lowest BCUT2D eigenvalue weighted by molar-refractivity contribution is 0.0239. The van der Waals surface area contributed by atoms with Gasteiger partial charge in [-0.3, -0.25) is 9.69 Å². The molecule has 0 aliphatic carbocycles. The average molecular weight is 416 g/mol. The second-order valence-corrected chi connectivity index (χ2v) is 8.51. The van der Waals surface area contributed by atoms with Crippen molar-refractivity contribution in [1.29, 1.82) is 0 Å². The van der Waals surface area contributed by atoms with Crippen molar-refractivity contribution in [2.24, 2.45) is 7.05 Å². The van der Waals surface area contributed by atoms with Gasteiger partial charge in [-0.2, -0.15) is 0 Å². The van der Waals surface area contributed by atoms with Crippen molar-refractivity contribution in [2.75, 3.05) is 32.8 Å². The molecule has 0 radical (unpaired) electrons. The highest BCUT2D eigenvalue weighted by molar-refractivity contribution is 5.97. The van der Waals surface area contributed by atoms with Gasteiger partial charge in [-0.05, 0) is 29.3 Å². The molecular weight excluding hydrogens is 386 g/mol. The molecule has 31 heavy (non-hydrogen) atoms. The summed E-state index contributed by atoms with van der Waals surface area (Å²) in [5, 5.41) is 0. The summed E-state index contributed by atoms with van der Waals surface area (Å²) >= 11 is 0. The lowest BCUT2D eigenvalue weighted by Gasteiger charge is -2.44. The molecule has 0 N–H and O–H groups in total. The summed E-state index contributed by atoms with van der Waals surface area (Å²) in [6.07, 6.45) is 2.08. The number of aromatic nitrogens is 1. The van der Waals surface area contributed by atoms with Crippen LogP contribution in [0.5, 0.6) is 0 Å². The zero-order valence-electron chi connectivity index (χ0n) is 18.0. The Kier molecular flexibility index (Phi) is 5.62. The predicted octanol–water partition coefficient (Wildman–Crippen LogP) is 3.84. The summed E-state index contributed by atoms with van der Waals surface area (Å²) < 4.78 is 7.75. The molecule has 0 unspecified atom stereocenters. The van der Waals surface area contributed by atoms with Crippen molar-refractivity contribution in [3.63, 3.8) is 0 Å². The van der Waals surface area contributed by atoms with Gasteiger partial charge in [-0.15, -0.1) is 0 Å². The van der Waals surface area contributed by atoms with Gasteiger partial charge in [0.2, 0.25) is 0 Å². The van der Waals surface area contributed by atoms with Crippen LogP contribution >= 0.6 is 0 Å². The summed E-state index contributed by atoms with van der Waals surface area (Å²) in [5.41, 5.74) is 4.33. The Hall–Kier alpha value is -2.89. The topological polar surface area (TPSA) is 37.7 Å². The van der Waals surface area contributed by atoms with E-state index in [-0.39, 0.29) is 17.9 Å². The molecule has 0 spiro atoms. The lowest BCUT2D eigenvalue weighted by Crippen LogP contribution is -2.47. The van der Waals surface area contributed by atoms with Crippen LogP contribution in [-0.4, -0.2) is 53.1 Å². The molecule has 5 rings (SSSR count). The number of hydrogen-bond donors (Lipinski definition) is 0. The minimum atomic E-state index is -0.0227. The second kappa shape index (κ2) is 8.69. The van der Waals surface area contributed by atoms with Gasteiger partial charge >= 0.3 is 0 Å². The number of fused-ring (bicyclic) bond motifs is 1. The van der Waals surface area contributed by atoms with Crippen LogP contribution in [0.1, 0.15) is 39.1 Å². The van der Waals surface area contributed by atoms with Gasteiger partial charge in [0, 0.05) is 56.6 Å². The van der Waals surface area contributed by atoms with Gasteiger partial charge in [0.05, 0.1) is 19.3 Å². The second-order valence-electron chi connectivity index (χ2n) is 8.51. The highest BCUT2D eigenvalue weighted by Crippen LogP contribution is 2.43. The van der Waals surface area contributed by atoms with E-state index in [0.29, 0.717) is 6.54 Å². The van der Waals surface area contributed by atoms with Crippen LogP contribution in [0.3, 0.4) is 0 Å². The van der Waals surface area contributed by atoms with Crippen LogP contribution in [0, 0.1) is 0 Å². The van der Waals surface area contributed by atoms with E-state index >= 15 is 0 Å².